The summed E-state index contributed by atoms with van der Waals surface area (Å²) in [5.74, 6) is -0.0148. The number of aryl methyl sites for hydroxylation is 1. The lowest BCUT2D eigenvalue weighted by Gasteiger charge is -1.92. The average Bonchev–Trinajstić information content (AvgIpc) is 1.95. The topological polar surface area (TPSA) is 43.7 Å². The fraction of sp³-hybridized carbons (Fsp3) is 0.125. The van der Waals surface area contributed by atoms with Crippen molar-refractivity contribution < 1.29 is 5.11 Å². The minimum atomic E-state index is -0.0148. The molecule has 0 N–H and O–H groups in total. The first-order valence-electron chi connectivity index (χ1n) is 2.92. The molecule has 0 amide bonds. The molecule has 1 aromatic rings. The summed E-state index contributed by atoms with van der Waals surface area (Å²) in [6.45, 7) is 1.70. The number of nitriles is 1. The van der Waals surface area contributed by atoms with E-state index >= 15 is 0 Å². The molecule has 0 saturated carbocycles. The van der Waals surface area contributed by atoms with E-state index < -0.39 is 0 Å². The van der Waals surface area contributed by atoms with Gasteiger partial charge < -0.3 is 0 Å². The molecule has 0 aromatic heterocycles. The van der Waals surface area contributed by atoms with Crippen molar-refractivity contribution in [1.82, 2.24) is 0 Å². The predicted octanol–water partition coefficient (Wildman–Crippen LogP) is 2.01. The van der Waals surface area contributed by atoms with E-state index in [0.29, 0.717) is 11.1 Å². The van der Waals surface area contributed by atoms with Gasteiger partial charge in [-0.1, -0.05) is 0 Å². The molecule has 0 heterocycles. The van der Waals surface area contributed by atoms with Gasteiger partial charge in [0.15, 0.2) is 5.75 Å². The fourth-order valence-corrected chi connectivity index (χ4v) is 0.719. The Bertz CT molecular complexity index is 286. The van der Waals surface area contributed by atoms with E-state index in [2.05, 4.69) is 0 Å². The van der Waals surface area contributed by atoms with Crippen LogP contribution in [0.3, 0.4) is 0 Å². The Morgan fingerprint density at radius 3 is 2.70 bits per heavy atom. The van der Waals surface area contributed by atoms with E-state index in [-0.39, 0.29) is 5.75 Å². The van der Waals surface area contributed by atoms with Crippen molar-refractivity contribution in [2.24, 2.45) is 0 Å². The third-order valence-electron chi connectivity index (χ3n) is 1.30. The summed E-state index contributed by atoms with van der Waals surface area (Å²) in [6.07, 6.45) is 0. The zero-order valence-electron chi connectivity index (χ0n) is 5.59. The van der Waals surface area contributed by atoms with Crippen molar-refractivity contribution in [1.29, 1.82) is 5.26 Å². The van der Waals surface area contributed by atoms with Crippen LogP contribution in [0.4, 0.5) is 0 Å². The van der Waals surface area contributed by atoms with Crippen LogP contribution in [0, 0.1) is 18.3 Å². The summed E-state index contributed by atoms with van der Waals surface area (Å²) in [5, 5.41) is 19.2. The monoisotopic (exact) mass is 132 g/mol. The fourth-order valence-electron chi connectivity index (χ4n) is 0.719. The molecule has 0 unspecified atom stereocenters. The normalized spacial score (nSPS) is 8.80. The van der Waals surface area contributed by atoms with Crippen molar-refractivity contribution >= 4 is 0 Å². The Morgan fingerprint density at radius 2 is 2.20 bits per heavy atom. The Morgan fingerprint density at radius 1 is 1.50 bits per heavy atom. The van der Waals surface area contributed by atoms with Gasteiger partial charge in [-0.25, -0.2) is 0 Å². The zero-order chi connectivity index (χ0) is 7.56. The molecule has 10 heavy (non-hydrogen) atoms. The lowest BCUT2D eigenvalue weighted by Crippen LogP contribution is -1.76. The molecule has 0 atom stereocenters. The average molecular weight is 132 g/mol. The summed E-state index contributed by atoms with van der Waals surface area (Å²) in [4.78, 5) is 0. The SMILES string of the molecule is Cc1cc(C#N)ccc1[O]. The molecule has 0 fully saturated rings. The minimum Gasteiger partial charge on any atom is -0.290 e. The molecule has 0 bridgehead atoms. The van der Waals surface area contributed by atoms with Crippen molar-refractivity contribution in [2.45, 2.75) is 6.92 Å². The third kappa shape index (κ3) is 1.08. The van der Waals surface area contributed by atoms with E-state index in [9.17, 15) is 5.11 Å². The van der Waals surface area contributed by atoms with Gasteiger partial charge in [0.2, 0.25) is 0 Å². The standard InChI is InChI=1S/C8H6NO/c1-6-4-7(5-9)2-3-8(6)10/h2-4H,1H3. The molecule has 0 saturated heterocycles. The summed E-state index contributed by atoms with van der Waals surface area (Å²) in [6, 6.07) is 6.48. The number of hydrogen-bond acceptors (Lipinski definition) is 1. The van der Waals surface area contributed by atoms with Crippen molar-refractivity contribution in [2.75, 3.05) is 0 Å². The minimum absolute atomic E-state index is 0.0148. The number of benzene rings is 1. The second-order valence-corrected chi connectivity index (χ2v) is 2.09. The van der Waals surface area contributed by atoms with Gasteiger partial charge in [0.1, 0.15) is 0 Å². The molecule has 1 rings (SSSR count). The third-order valence-corrected chi connectivity index (χ3v) is 1.30. The second-order valence-electron chi connectivity index (χ2n) is 2.09. The van der Waals surface area contributed by atoms with Crippen LogP contribution in [0.15, 0.2) is 18.2 Å². The van der Waals surface area contributed by atoms with E-state index in [1.165, 1.54) is 12.1 Å². The van der Waals surface area contributed by atoms with Gasteiger partial charge in [-0.2, -0.15) is 5.26 Å². The molecule has 2 nitrogen and oxygen atoms in total. The van der Waals surface area contributed by atoms with Gasteiger partial charge in [-0.05, 0) is 30.7 Å². The van der Waals surface area contributed by atoms with Crippen LogP contribution in [0.5, 0.6) is 5.75 Å². The van der Waals surface area contributed by atoms with Crippen molar-refractivity contribution in [3.05, 3.63) is 29.3 Å². The van der Waals surface area contributed by atoms with E-state index in [1.54, 1.807) is 13.0 Å². The summed E-state index contributed by atoms with van der Waals surface area (Å²) < 4.78 is 0. The van der Waals surface area contributed by atoms with Gasteiger partial charge in [0, 0.05) is 0 Å². The number of nitrogens with zero attached hydrogens (tertiary/aromatic N) is 1. The largest absolute Gasteiger partial charge is 0.290 e. The molecule has 0 aliphatic heterocycles. The van der Waals surface area contributed by atoms with Crippen LogP contribution >= 0.6 is 0 Å². The van der Waals surface area contributed by atoms with Gasteiger partial charge >= 0.3 is 0 Å². The number of rotatable bonds is 0. The lowest BCUT2D eigenvalue weighted by atomic mass is 10.1. The quantitative estimate of drug-likeness (QED) is 0.532. The Hall–Kier alpha value is -1.49. The van der Waals surface area contributed by atoms with E-state index in [4.69, 9.17) is 5.26 Å². The van der Waals surface area contributed by atoms with Crippen LogP contribution in [-0.2, 0) is 5.11 Å². The maximum absolute atomic E-state index is 10.8. The smallest absolute Gasteiger partial charge is 0.181 e. The zero-order valence-corrected chi connectivity index (χ0v) is 5.59. The van der Waals surface area contributed by atoms with Crippen LogP contribution in [-0.4, -0.2) is 0 Å². The molecule has 0 spiro atoms. The van der Waals surface area contributed by atoms with Gasteiger partial charge in [0.25, 0.3) is 0 Å². The van der Waals surface area contributed by atoms with Gasteiger partial charge in [0.05, 0.1) is 11.6 Å². The highest BCUT2D eigenvalue weighted by Gasteiger charge is 1.97. The van der Waals surface area contributed by atoms with Crippen LogP contribution in [0.25, 0.3) is 0 Å². The molecule has 1 aromatic carbocycles. The van der Waals surface area contributed by atoms with Crippen LogP contribution < -0.4 is 0 Å². The van der Waals surface area contributed by atoms with Crippen molar-refractivity contribution in [3.8, 4) is 11.8 Å². The highest BCUT2D eigenvalue weighted by atomic mass is 16.3. The van der Waals surface area contributed by atoms with Crippen molar-refractivity contribution in [3.63, 3.8) is 0 Å². The summed E-state index contributed by atoms with van der Waals surface area (Å²) >= 11 is 0. The van der Waals surface area contributed by atoms with Gasteiger partial charge in [-0.15, -0.1) is 0 Å². The highest BCUT2D eigenvalue weighted by molar-refractivity contribution is 5.39. The maximum atomic E-state index is 10.8. The van der Waals surface area contributed by atoms with E-state index in [1.807, 2.05) is 6.07 Å². The second kappa shape index (κ2) is 2.40. The summed E-state index contributed by atoms with van der Waals surface area (Å²) in [7, 11) is 0. The molecule has 49 valence electrons. The predicted molar refractivity (Wildman–Crippen MR) is 36.0 cm³/mol. The molecular formula is C8H6NO. The lowest BCUT2D eigenvalue weighted by molar-refractivity contribution is 0.351. The Balaban J connectivity index is 3.20. The molecule has 0 aliphatic rings. The van der Waals surface area contributed by atoms with Crippen LogP contribution in [0.2, 0.25) is 0 Å². The van der Waals surface area contributed by atoms with E-state index in [0.717, 1.165) is 0 Å². The molecular weight excluding hydrogens is 126 g/mol. The number of hydrogen-bond donors (Lipinski definition) is 0. The first kappa shape index (κ1) is 6.63. The molecule has 2 heteroatoms. The Labute approximate surface area is 59.3 Å². The first-order chi connectivity index (χ1) is 4.74. The Kier molecular flexibility index (Phi) is 1.59. The van der Waals surface area contributed by atoms with Crippen LogP contribution in [0.1, 0.15) is 11.1 Å². The highest BCUT2D eigenvalue weighted by Crippen LogP contribution is 2.16. The van der Waals surface area contributed by atoms with Gasteiger partial charge in [-0.3, -0.25) is 5.11 Å². The summed E-state index contributed by atoms with van der Waals surface area (Å²) in [5.41, 5.74) is 1.16. The molecule has 1 radical (unpaired) electrons. The first-order valence-corrected chi connectivity index (χ1v) is 2.92. The molecule has 0 aliphatic carbocycles. The maximum Gasteiger partial charge on any atom is 0.181 e.